The van der Waals surface area contributed by atoms with Crippen LogP contribution in [0.25, 0.3) is 0 Å². The first-order valence-corrected chi connectivity index (χ1v) is 8.31. The molecule has 0 aromatic carbocycles. The molecule has 4 rings (SSSR count). The minimum Gasteiger partial charge on any atom is -0.464 e. The van der Waals surface area contributed by atoms with Gasteiger partial charge in [-0.2, -0.15) is 0 Å². The Bertz CT molecular complexity index is 735. The van der Waals surface area contributed by atoms with Gasteiger partial charge < -0.3 is 9.32 Å². The lowest BCUT2D eigenvalue weighted by Gasteiger charge is -2.20. The Hall–Kier alpha value is -2.17. The number of amides is 1. The average Bonchev–Trinajstić information content (AvgIpc) is 3.45. The molecule has 5 heteroatoms. The highest BCUT2D eigenvalue weighted by molar-refractivity contribution is 5.92. The molecule has 0 radical (unpaired) electrons. The molecule has 0 spiro atoms. The van der Waals surface area contributed by atoms with Crippen molar-refractivity contribution in [2.75, 3.05) is 0 Å². The van der Waals surface area contributed by atoms with E-state index in [1.54, 1.807) is 19.2 Å². The molecule has 2 aromatic rings. The number of furan rings is 1. The van der Waals surface area contributed by atoms with Crippen molar-refractivity contribution in [1.29, 1.82) is 0 Å². The van der Waals surface area contributed by atoms with Crippen molar-refractivity contribution < 1.29 is 9.21 Å². The van der Waals surface area contributed by atoms with Crippen LogP contribution in [0.5, 0.6) is 0 Å². The van der Waals surface area contributed by atoms with E-state index < -0.39 is 0 Å². The molecule has 23 heavy (non-hydrogen) atoms. The summed E-state index contributed by atoms with van der Waals surface area (Å²) in [6.07, 6.45) is 4.96. The van der Waals surface area contributed by atoms with Crippen molar-refractivity contribution >= 4 is 5.91 Å². The Kier molecular flexibility index (Phi) is 3.43. The molecule has 5 nitrogen and oxygen atoms in total. The van der Waals surface area contributed by atoms with E-state index in [0.29, 0.717) is 30.0 Å². The molecule has 2 aromatic heterocycles. The maximum atomic E-state index is 12.8. The zero-order valence-corrected chi connectivity index (χ0v) is 13.5. The van der Waals surface area contributed by atoms with E-state index in [2.05, 4.69) is 23.0 Å². The van der Waals surface area contributed by atoms with E-state index in [9.17, 15) is 4.79 Å². The lowest BCUT2D eigenvalue weighted by atomic mass is 10.2. The van der Waals surface area contributed by atoms with E-state index in [-0.39, 0.29) is 5.91 Å². The van der Waals surface area contributed by atoms with Gasteiger partial charge in [0.1, 0.15) is 23.0 Å². The molecule has 2 aliphatic carbocycles. The fourth-order valence-electron chi connectivity index (χ4n) is 3.04. The highest BCUT2D eigenvalue weighted by Gasteiger charge is 2.38. The summed E-state index contributed by atoms with van der Waals surface area (Å²) >= 11 is 0. The summed E-state index contributed by atoms with van der Waals surface area (Å²) in [6.45, 7) is 4.56. The first-order valence-electron chi connectivity index (χ1n) is 8.31. The standard InChI is InChI=1S/C18H21N3O2/c1-11-9-15(11)17-6-5-14(23-17)10-21(13-3-4-13)18(22)16-7-8-19-12(2)20-16/h5-8,11,13,15H,3-4,9-10H2,1-2H3/t11-,15+/m1/s1. The van der Waals surface area contributed by atoms with E-state index >= 15 is 0 Å². The fourth-order valence-corrected chi connectivity index (χ4v) is 3.04. The predicted molar refractivity (Wildman–Crippen MR) is 84.9 cm³/mol. The van der Waals surface area contributed by atoms with Crippen LogP contribution in [0.15, 0.2) is 28.8 Å². The normalized spacial score (nSPS) is 22.9. The van der Waals surface area contributed by atoms with Crippen LogP contribution < -0.4 is 0 Å². The van der Waals surface area contributed by atoms with Crippen molar-refractivity contribution in [3.8, 4) is 0 Å². The van der Waals surface area contributed by atoms with Gasteiger partial charge in [-0.15, -0.1) is 0 Å². The number of aromatic nitrogens is 2. The van der Waals surface area contributed by atoms with Crippen LogP contribution in [-0.2, 0) is 6.54 Å². The van der Waals surface area contributed by atoms with Crippen LogP contribution in [0.3, 0.4) is 0 Å². The van der Waals surface area contributed by atoms with Crippen molar-refractivity contribution in [2.45, 2.75) is 51.6 Å². The van der Waals surface area contributed by atoms with Crippen molar-refractivity contribution in [2.24, 2.45) is 5.92 Å². The predicted octanol–water partition coefficient (Wildman–Crippen LogP) is 3.31. The van der Waals surface area contributed by atoms with Crippen LogP contribution in [0, 0.1) is 12.8 Å². The molecule has 0 saturated heterocycles. The maximum absolute atomic E-state index is 12.8. The van der Waals surface area contributed by atoms with Gasteiger partial charge in [-0.3, -0.25) is 4.79 Å². The van der Waals surface area contributed by atoms with E-state index in [4.69, 9.17) is 4.42 Å². The zero-order valence-electron chi connectivity index (χ0n) is 13.5. The van der Waals surface area contributed by atoms with Crippen LogP contribution in [-0.4, -0.2) is 26.8 Å². The Labute approximate surface area is 135 Å². The van der Waals surface area contributed by atoms with Gasteiger partial charge >= 0.3 is 0 Å². The van der Waals surface area contributed by atoms with Gasteiger partial charge in [-0.25, -0.2) is 9.97 Å². The number of carbonyl (C=O) groups excluding carboxylic acids is 1. The average molecular weight is 311 g/mol. The van der Waals surface area contributed by atoms with Gasteiger partial charge in [0.05, 0.1) is 6.54 Å². The summed E-state index contributed by atoms with van der Waals surface area (Å²) in [5.41, 5.74) is 0.465. The van der Waals surface area contributed by atoms with Crippen molar-refractivity contribution in [1.82, 2.24) is 14.9 Å². The molecule has 2 heterocycles. The quantitative estimate of drug-likeness (QED) is 0.850. The molecular formula is C18H21N3O2. The summed E-state index contributed by atoms with van der Waals surface area (Å²) in [5.74, 6) is 3.81. The molecule has 0 bridgehead atoms. The zero-order chi connectivity index (χ0) is 16.0. The lowest BCUT2D eigenvalue weighted by molar-refractivity contribution is 0.0710. The van der Waals surface area contributed by atoms with Gasteiger partial charge in [0.15, 0.2) is 0 Å². The summed E-state index contributed by atoms with van der Waals surface area (Å²) < 4.78 is 5.97. The minimum atomic E-state index is -0.0317. The molecule has 0 N–H and O–H groups in total. The first kappa shape index (κ1) is 14.4. The van der Waals surface area contributed by atoms with Crippen molar-refractivity contribution in [3.05, 3.63) is 47.4 Å². The Morgan fingerprint density at radius 3 is 2.78 bits per heavy atom. The van der Waals surface area contributed by atoms with Crippen LogP contribution >= 0.6 is 0 Å². The third kappa shape index (κ3) is 3.00. The molecule has 0 unspecified atom stereocenters. The summed E-state index contributed by atoms with van der Waals surface area (Å²) in [5, 5.41) is 0. The smallest absolute Gasteiger partial charge is 0.273 e. The second kappa shape index (κ2) is 5.48. The molecule has 2 atom stereocenters. The minimum absolute atomic E-state index is 0.0317. The van der Waals surface area contributed by atoms with E-state index in [1.807, 2.05) is 11.0 Å². The number of nitrogens with zero attached hydrogens (tertiary/aromatic N) is 3. The molecule has 1 amide bonds. The lowest BCUT2D eigenvalue weighted by Crippen LogP contribution is -2.33. The number of rotatable bonds is 5. The number of hydrogen-bond donors (Lipinski definition) is 0. The number of aryl methyl sites for hydroxylation is 1. The molecule has 2 fully saturated rings. The van der Waals surface area contributed by atoms with Crippen LogP contribution in [0.1, 0.15) is 59.9 Å². The second-order valence-corrected chi connectivity index (χ2v) is 6.78. The Morgan fingerprint density at radius 1 is 1.35 bits per heavy atom. The topological polar surface area (TPSA) is 59.2 Å². The molecular weight excluding hydrogens is 290 g/mol. The molecule has 2 saturated carbocycles. The summed E-state index contributed by atoms with van der Waals surface area (Å²) in [4.78, 5) is 23.0. The first-order chi connectivity index (χ1) is 11.1. The van der Waals surface area contributed by atoms with Gasteiger partial charge in [-0.1, -0.05) is 6.92 Å². The molecule has 2 aliphatic rings. The fraction of sp³-hybridized carbons (Fsp3) is 0.500. The van der Waals surface area contributed by atoms with Gasteiger partial charge in [-0.05, 0) is 50.3 Å². The number of carbonyl (C=O) groups is 1. The van der Waals surface area contributed by atoms with E-state index in [1.165, 1.54) is 6.42 Å². The van der Waals surface area contributed by atoms with E-state index in [0.717, 1.165) is 30.3 Å². The molecule has 0 aliphatic heterocycles. The van der Waals surface area contributed by atoms with Crippen molar-refractivity contribution in [3.63, 3.8) is 0 Å². The number of hydrogen-bond acceptors (Lipinski definition) is 4. The van der Waals surface area contributed by atoms with Crippen LogP contribution in [0.4, 0.5) is 0 Å². The van der Waals surface area contributed by atoms with Gasteiger partial charge in [0.25, 0.3) is 5.91 Å². The monoisotopic (exact) mass is 311 g/mol. The van der Waals surface area contributed by atoms with Gasteiger partial charge in [0, 0.05) is 18.2 Å². The third-order valence-corrected chi connectivity index (χ3v) is 4.73. The molecule has 120 valence electrons. The second-order valence-electron chi connectivity index (χ2n) is 6.78. The Morgan fingerprint density at radius 2 is 2.13 bits per heavy atom. The van der Waals surface area contributed by atoms with Gasteiger partial charge in [0.2, 0.25) is 0 Å². The third-order valence-electron chi connectivity index (χ3n) is 4.73. The summed E-state index contributed by atoms with van der Waals surface area (Å²) in [7, 11) is 0. The SMILES string of the molecule is Cc1nccc(C(=O)N(Cc2ccc([C@H]3C[C@H]3C)o2)C2CC2)n1. The highest BCUT2D eigenvalue weighted by Crippen LogP contribution is 2.47. The summed E-state index contributed by atoms with van der Waals surface area (Å²) in [6, 6.07) is 6.07. The Balaban J connectivity index is 1.52. The largest absolute Gasteiger partial charge is 0.464 e. The maximum Gasteiger partial charge on any atom is 0.273 e. The van der Waals surface area contributed by atoms with Crippen LogP contribution in [0.2, 0.25) is 0 Å². The highest BCUT2D eigenvalue weighted by atomic mass is 16.3.